The summed E-state index contributed by atoms with van der Waals surface area (Å²) in [5, 5.41) is 1.90. The van der Waals surface area contributed by atoms with Crippen LogP contribution in [0.4, 0.5) is 0 Å². The Hall–Kier alpha value is -2.44. The Morgan fingerprint density at radius 3 is 2.19 bits per heavy atom. The van der Waals surface area contributed by atoms with E-state index in [0.717, 1.165) is 10.4 Å². The Kier molecular flexibility index (Phi) is 9.53. The minimum atomic E-state index is -3.90. The topological polar surface area (TPSA) is 102 Å². The van der Waals surface area contributed by atoms with Crippen molar-refractivity contribution in [1.29, 1.82) is 0 Å². The summed E-state index contributed by atoms with van der Waals surface area (Å²) in [5.74, 6) is 1.17. The van der Waals surface area contributed by atoms with E-state index in [9.17, 15) is 16.8 Å². The van der Waals surface area contributed by atoms with E-state index in [0.29, 0.717) is 24.3 Å². The molecule has 0 bridgehead atoms. The van der Waals surface area contributed by atoms with E-state index in [2.05, 4.69) is 4.72 Å². The smallest absolute Gasteiger partial charge is 0.243 e. The highest BCUT2D eigenvalue weighted by molar-refractivity contribution is 7.89. The molecule has 0 fully saturated rings. The molecule has 1 heterocycles. The van der Waals surface area contributed by atoms with Gasteiger partial charge in [0.2, 0.25) is 20.0 Å². The molecule has 8 nitrogen and oxygen atoms in total. The molecular weight excluding hydrogens is 520 g/mol. The molecule has 196 valence electrons. The summed E-state index contributed by atoms with van der Waals surface area (Å²) in [6, 6.07) is 14.4. The van der Waals surface area contributed by atoms with Crippen LogP contribution in [0.2, 0.25) is 0 Å². The van der Waals surface area contributed by atoms with Crippen molar-refractivity contribution < 1.29 is 26.3 Å². The van der Waals surface area contributed by atoms with E-state index in [-0.39, 0.29) is 28.9 Å². The number of nitrogens with zero attached hydrogens (tertiary/aromatic N) is 1. The van der Waals surface area contributed by atoms with E-state index in [1.807, 2.05) is 36.6 Å². The molecular formula is C25H32N2O6S3. The van der Waals surface area contributed by atoms with Gasteiger partial charge in [-0.25, -0.2) is 21.6 Å². The minimum absolute atomic E-state index is 0.0249. The molecule has 1 atom stereocenters. The number of ether oxygens (including phenoxy) is 2. The molecule has 0 spiro atoms. The van der Waals surface area contributed by atoms with Gasteiger partial charge < -0.3 is 9.47 Å². The van der Waals surface area contributed by atoms with Crippen LogP contribution in [0, 0.1) is 0 Å². The maximum atomic E-state index is 13.6. The van der Waals surface area contributed by atoms with Crippen LogP contribution in [0.3, 0.4) is 0 Å². The first-order chi connectivity index (χ1) is 17.1. The van der Waals surface area contributed by atoms with Crippen molar-refractivity contribution in [2.75, 3.05) is 20.8 Å². The van der Waals surface area contributed by atoms with Gasteiger partial charge in [0.05, 0.1) is 24.0 Å². The average molecular weight is 553 g/mol. The highest BCUT2D eigenvalue weighted by Crippen LogP contribution is 2.28. The lowest BCUT2D eigenvalue weighted by Crippen LogP contribution is -2.33. The zero-order chi connectivity index (χ0) is 26.3. The number of sulfonamides is 2. The first-order valence-corrected chi connectivity index (χ1v) is 15.3. The maximum absolute atomic E-state index is 13.6. The SMILES string of the molecule is CC[C@H](C)NS(=O)(=O)c1ccc(S(=O)(=O)N(CCc2ccc(OC)c(OC)c2)Cc2cccs2)cc1. The largest absolute Gasteiger partial charge is 0.493 e. The van der Waals surface area contributed by atoms with Gasteiger partial charge in [-0.3, -0.25) is 0 Å². The lowest BCUT2D eigenvalue weighted by atomic mass is 10.1. The van der Waals surface area contributed by atoms with E-state index in [1.54, 1.807) is 27.2 Å². The van der Waals surface area contributed by atoms with Gasteiger partial charge in [-0.05, 0) is 73.2 Å². The number of nitrogens with one attached hydrogen (secondary N) is 1. The summed E-state index contributed by atoms with van der Waals surface area (Å²) in [5.41, 5.74) is 0.900. The number of thiophene rings is 1. The fourth-order valence-electron chi connectivity index (χ4n) is 3.51. The Morgan fingerprint density at radius 1 is 0.944 bits per heavy atom. The second-order valence-corrected chi connectivity index (χ2v) is 12.9. The number of hydrogen-bond donors (Lipinski definition) is 1. The van der Waals surface area contributed by atoms with Crippen molar-refractivity contribution in [1.82, 2.24) is 9.03 Å². The summed E-state index contributed by atoms with van der Waals surface area (Å²) in [7, 11) is -4.52. The molecule has 11 heteroatoms. The molecule has 3 aromatic rings. The van der Waals surface area contributed by atoms with Crippen LogP contribution in [0.25, 0.3) is 0 Å². The second-order valence-electron chi connectivity index (χ2n) is 8.26. The molecule has 0 saturated carbocycles. The van der Waals surface area contributed by atoms with Gasteiger partial charge in [0.1, 0.15) is 0 Å². The van der Waals surface area contributed by atoms with Crippen molar-refractivity contribution in [3.8, 4) is 11.5 Å². The van der Waals surface area contributed by atoms with Crippen molar-refractivity contribution in [3.63, 3.8) is 0 Å². The quantitative estimate of drug-likeness (QED) is 0.340. The van der Waals surface area contributed by atoms with Crippen molar-refractivity contribution >= 4 is 31.4 Å². The van der Waals surface area contributed by atoms with Gasteiger partial charge in [0.15, 0.2) is 11.5 Å². The van der Waals surface area contributed by atoms with Crippen molar-refractivity contribution in [2.45, 2.75) is 49.1 Å². The number of hydrogen-bond acceptors (Lipinski definition) is 7. The molecule has 3 rings (SSSR count). The van der Waals surface area contributed by atoms with Gasteiger partial charge in [0, 0.05) is 24.0 Å². The van der Waals surface area contributed by atoms with Gasteiger partial charge in [-0.2, -0.15) is 4.31 Å². The molecule has 36 heavy (non-hydrogen) atoms. The second kappa shape index (κ2) is 12.2. The summed E-state index contributed by atoms with van der Waals surface area (Å²) in [6.07, 6.45) is 1.10. The van der Waals surface area contributed by atoms with Crippen LogP contribution < -0.4 is 14.2 Å². The van der Waals surface area contributed by atoms with Crippen LogP contribution in [0.15, 0.2) is 69.8 Å². The third-order valence-electron chi connectivity index (χ3n) is 5.75. The number of rotatable bonds is 13. The maximum Gasteiger partial charge on any atom is 0.243 e. The molecule has 1 aromatic heterocycles. The lowest BCUT2D eigenvalue weighted by molar-refractivity contribution is 0.354. The van der Waals surface area contributed by atoms with E-state index >= 15 is 0 Å². The van der Waals surface area contributed by atoms with Crippen molar-refractivity contribution in [2.24, 2.45) is 0 Å². The zero-order valence-electron chi connectivity index (χ0n) is 20.8. The van der Waals surface area contributed by atoms with E-state index in [4.69, 9.17) is 9.47 Å². The van der Waals surface area contributed by atoms with Crippen LogP contribution in [0.1, 0.15) is 30.7 Å². The molecule has 0 amide bonds. The van der Waals surface area contributed by atoms with Crippen molar-refractivity contribution in [3.05, 3.63) is 70.4 Å². The molecule has 0 unspecified atom stereocenters. The van der Waals surface area contributed by atoms with E-state index in [1.165, 1.54) is 39.9 Å². The summed E-state index contributed by atoms with van der Waals surface area (Å²) in [6.45, 7) is 4.10. The number of benzene rings is 2. The monoisotopic (exact) mass is 552 g/mol. The molecule has 0 aliphatic heterocycles. The molecule has 0 radical (unpaired) electrons. The normalized spacial score (nSPS) is 13.0. The first kappa shape index (κ1) is 28.1. The standard InChI is InChI=1S/C25H32N2O6S3/c1-5-19(2)26-35(28,29)22-9-11-23(12-10-22)36(30,31)27(18-21-7-6-16-34-21)15-14-20-8-13-24(32-3)25(17-20)33-4/h6-13,16-17,19,26H,5,14-15,18H2,1-4H3/t19-/m0/s1. The zero-order valence-corrected chi connectivity index (χ0v) is 23.3. The number of methoxy groups -OCH3 is 2. The first-order valence-electron chi connectivity index (χ1n) is 11.5. The molecule has 1 N–H and O–H groups in total. The highest BCUT2D eigenvalue weighted by Gasteiger charge is 2.26. The fourth-order valence-corrected chi connectivity index (χ4v) is 7.05. The molecule has 2 aromatic carbocycles. The Balaban J connectivity index is 1.86. The predicted molar refractivity (Wildman–Crippen MR) is 142 cm³/mol. The molecule has 0 aliphatic rings. The fraction of sp³-hybridized carbons (Fsp3) is 0.360. The third-order valence-corrected chi connectivity index (χ3v) is 10.1. The average Bonchev–Trinajstić information content (AvgIpc) is 3.39. The lowest BCUT2D eigenvalue weighted by Gasteiger charge is -2.22. The Labute approximate surface area is 218 Å². The van der Waals surface area contributed by atoms with Gasteiger partial charge in [0.25, 0.3) is 0 Å². The Bertz CT molecular complexity index is 1340. The van der Waals surface area contributed by atoms with Crippen LogP contribution in [0.5, 0.6) is 11.5 Å². The van der Waals surface area contributed by atoms with Crippen LogP contribution in [-0.4, -0.2) is 47.9 Å². The Morgan fingerprint density at radius 2 is 1.61 bits per heavy atom. The summed E-state index contributed by atoms with van der Waals surface area (Å²) in [4.78, 5) is 0.966. The van der Waals surface area contributed by atoms with Gasteiger partial charge in [-0.15, -0.1) is 11.3 Å². The predicted octanol–water partition coefficient (Wildman–Crippen LogP) is 4.28. The van der Waals surface area contributed by atoms with Gasteiger partial charge >= 0.3 is 0 Å². The summed E-state index contributed by atoms with van der Waals surface area (Å²) < 4.78 is 67.0. The minimum Gasteiger partial charge on any atom is -0.493 e. The van der Waals surface area contributed by atoms with Crippen LogP contribution >= 0.6 is 11.3 Å². The third kappa shape index (κ3) is 6.86. The highest BCUT2D eigenvalue weighted by atomic mass is 32.2. The molecule has 0 aliphatic carbocycles. The molecule has 0 saturated heterocycles. The van der Waals surface area contributed by atoms with E-state index < -0.39 is 20.0 Å². The van der Waals surface area contributed by atoms with Gasteiger partial charge in [-0.1, -0.05) is 19.1 Å². The van der Waals surface area contributed by atoms with Crippen LogP contribution in [-0.2, 0) is 33.0 Å². The summed E-state index contributed by atoms with van der Waals surface area (Å²) >= 11 is 1.48.